The summed E-state index contributed by atoms with van der Waals surface area (Å²) in [4.78, 5) is 25.4. The van der Waals surface area contributed by atoms with Crippen LogP contribution in [0.4, 0.5) is 5.69 Å². The lowest BCUT2D eigenvalue weighted by Gasteiger charge is -1.98. The number of aromatic nitrogens is 1. The van der Waals surface area contributed by atoms with Crippen LogP contribution in [0.15, 0.2) is 59.8 Å². The van der Waals surface area contributed by atoms with Crippen molar-refractivity contribution in [1.82, 2.24) is 10.4 Å². The molecule has 3 aromatic rings. The Balaban J connectivity index is 1.74. The first-order valence-corrected chi connectivity index (χ1v) is 6.79. The minimum atomic E-state index is -0.484. The van der Waals surface area contributed by atoms with E-state index >= 15 is 0 Å². The van der Waals surface area contributed by atoms with Gasteiger partial charge in [-0.1, -0.05) is 30.3 Å². The number of H-pyrrole nitrogens is 1. The fourth-order valence-electron chi connectivity index (χ4n) is 2.20. The molecule has 1 amide bonds. The van der Waals surface area contributed by atoms with E-state index in [2.05, 4.69) is 15.5 Å². The number of carbonyl (C=O) groups is 1. The first-order valence-electron chi connectivity index (χ1n) is 6.79. The number of para-hydroxylation sites is 1. The van der Waals surface area contributed by atoms with Gasteiger partial charge < -0.3 is 4.98 Å². The Hall–Kier alpha value is -3.48. The van der Waals surface area contributed by atoms with Crippen molar-refractivity contribution >= 4 is 28.7 Å². The summed E-state index contributed by atoms with van der Waals surface area (Å²) < 4.78 is 0. The lowest BCUT2D eigenvalue weighted by molar-refractivity contribution is -0.384. The van der Waals surface area contributed by atoms with Gasteiger partial charge in [0.2, 0.25) is 0 Å². The predicted octanol–water partition coefficient (Wildman–Crippen LogP) is 2.84. The number of fused-ring (bicyclic) bond motifs is 1. The van der Waals surface area contributed by atoms with Crippen LogP contribution in [0, 0.1) is 10.1 Å². The van der Waals surface area contributed by atoms with Gasteiger partial charge in [0.25, 0.3) is 11.6 Å². The molecule has 7 heteroatoms. The molecule has 0 bridgehead atoms. The molecule has 3 rings (SSSR count). The van der Waals surface area contributed by atoms with Gasteiger partial charge in [0.15, 0.2) is 0 Å². The van der Waals surface area contributed by atoms with Crippen molar-refractivity contribution in [2.75, 3.05) is 0 Å². The number of hydrazone groups is 1. The SMILES string of the molecule is O=C(N/N=C\c1cccc([N+](=O)[O-])c1)c1c[nH]c2ccccc12. The molecule has 0 aliphatic rings. The van der Waals surface area contributed by atoms with Crippen molar-refractivity contribution in [3.63, 3.8) is 0 Å². The number of nitro groups is 1. The third-order valence-electron chi connectivity index (χ3n) is 3.29. The summed E-state index contributed by atoms with van der Waals surface area (Å²) in [5.41, 5.74) is 4.26. The highest BCUT2D eigenvalue weighted by Gasteiger charge is 2.10. The molecule has 2 N–H and O–H groups in total. The number of hydrogen-bond donors (Lipinski definition) is 2. The highest BCUT2D eigenvalue weighted by molar-refractivity contribution is 6.06. The molecule has 114 valence electrons. The average Bonchev–Trinajstić information content (AvgIpc) is 2.99. The van der Waals surface area contributed by atoms with Crippen molar-refractivity contribution in [2.24, 2.45) is 5.10 Å². The van der Waals surface area contributed by atoms with Crippen molar-refractivity contribution in [3.8, 4) is 0 Å². The second kappa shape index (κ2) is 6.10. The smallest absolute Gasteiger partial charge is 0.273 e. The quantitative estimate of drug-likeness (QED) is 0.440. The zero-order valence-corrected chi connectivity index (χ0v) is 11.9. The van der Waals surface area contributed by atoms with Crippen molar-refractivity contribution in [1.29, 1.82) is 0 Å². The highest BCUT2D eigenvalue weighted by Crippen LogP contribution is 2.17. The van der Waals surface area contributed by atoms with Crippen LogP contribution in [0.5, 0.6) is 0 Å². The fourth-order valence-corrected chi connectivity index (χ4v) is 2.20. The van der Waals surface area contributed by atoms with Crippen LogP contribution in [0.3, 0.4) is 0 Å². The number of non-ortho nitro benzene ring substituents is 1. The zero-order valence-electron chi connectivity index (χ0n) is 11.9. The maximum atomic E-state index is 12.1. The molecule has 1 aromatic heterocycles. The van der Waals surface area contributed by atoms with E-state index in [-0.39, 0.29) is 11.6 Å². The molecule has 0 aliphatic carbocycles. The first-order chi connectivity index (χ1) is 11.1. The molecule has 0 unspecified atom stereocenters. The molecule has 0 fully saturated rings. The van der Waals surface area contributed by atoms with Crippen LogP contribution in [0.2, 0.25) is 0 Å². The lowest BCUT2D eigenvalue weighted by atomic mass is 10.2. The molecule has 0 atom stereocenters. The Morgan fingerprint density at radius 3 is 2.87 bits per heavy atom. The van der Waals surface area contributed by atoms with Gasteiger partial charge in [-0.2, -0.15) is 5.10 Å². The van der Waals surface area contributed by atoms with Crippen LogP contribution in [-0.2, 0) is 0 Å². The fraction of sp³-hybridized carbons (Fsp3) is 0. The summed E-state index contributed by atoms with van der Waals surface area (Å²) in [5, 5.41) is 15.3. The maximum Gasteiger partial charge on any atom is 0.273 e. The third-order valence-corrected chi connectivity index (χ3v) is 3.29. The number of nitro benzene ring substituents is 1. The normalized spacial score (nSPS) is 11.0. The molecule has 23 heavy (non-hydrogen) atoms. The molecule has 1 heterocycles. The molecular formula is C16H12N4O3. The highest BCUT2D eigenvalue weighted by atomic mass is 16.6. The Kier molecular flexibility index (Phi) is 3.84. The van der Waals surface area contributed by atoms with E-state index in [1.807, 2.05) is 24.3 Å². The Labute approximate surface area is 130 Å². The number of nitrogens with one attached hydrogen (secondary N) is 2. The van der Waals surface area contributed by atoms with Gasteiger partial charge >= 0.3 is 0 Å². The maximum absolute atomic E-state index is 12.1. The minimum absolute atomic E-state index is 0.0306. The average molecular weight is 308 g/mol. The predicted molar refractivity (Wildman–Crippen MR) is 86.5 cm³/mol. The van der Waals surface area contributed by atoms with Crippen LogP contribution >= 0.6 is 0 Å². The van der Waals surface area contributed by atoms with Gasteiger partial charge in [0.1, 0.15) is 0 Å². The molecule has 2 aromatic carbocycles. The molecule has 0 spiro atoms. The number of benzene rings is 2. The lowest BCUT2D eigenvalue weighted by Crippen LogP contribution is -2.17. The van der Waals surface area contributed by atoms with Crippen LogP contribution in [-0.4, -0.2) is 22.0 Å². The molecule has 7 nitrogen and oxygen atoms in total. The molecule has 0 radical (unpaired) electrons. The summed E-state index contributed by atoms with van der Waals surface area (Å²) in [7, 11) is 0. The molecular weight excluding hydrogens is 296 g/mol. The van der Waals surface area contributed by atoms with Crippen molar-refractivity contribution < 1.29 is 9.72 Å². The zero-order chi connectivity index (χ0) is 16.2. The Bertz CT molecular complexity index is 914. The van der Waals surface area contributed by atoms with Crippen LogP contribution in [0.25, 0.3) is 10.9 Å². The second-order valence-corrected chi connectivity index (χ2v) is 4.80. The summed E-state index contributed by atoms with van der Waals surface area (Å²) in [6.45, 7) is 0. The van der Waals surface area contributed by atoms with E-state index in [9.17, 15) is 14.9 Å². The van der Waals surface area contributed by atoms with Crippen molar-refractivity contribution in [3.05, 3.63) is 76.0 Å². The van der Waals surface area contributed by atoms with Gasteiger partial charge in [-0.25, -0.2) is 5.43 Å². The number of amides is 1. The van der Waals surface area contributed by atoms with Gasteiger partial charge in [-0.15, -0.1) is 0 Å². The Morgan fingerprint density at radius 2 is 2.04 bits per heavy atom. The van der Waals surface area contributed by atoms with Gasteiger partial charge in [0.05, 0.1) is 16.7 Å². The minimum Gasteiger partial charge on any atom is -0.360 e. The first kappa shape index (κ1) is 14.5. The van der Waals surface area contributed by atoms with Crippen LogP contribution in [0.1, 0.15) is 15.9 Å². The molecule has 0 saturated heterocycles. The molecule has 0 saturated carbocycles. The summed E-state index contributed by atoms with van der Waals surface area (Å²) in [6.07, 6.45) is 2.97. The third kappa shape index (κ3) is 3.08. The Morgan fingerprint density at radius 1 is 1.22 bits per heavy atom. The number of rotatable bonds is 4. The van der Waals surface area contributed by atoms with Crippen molar-refractivity contribution in [2.45, 2.75) is 0 Å². The summed E-state index contributed by atoms with van der Waals surface area (Å²) >= 11 is 0. The van der Waals surface area contributed by atoms with E-state index in [1.54, 1.807) is 18.3 Å². The second-order valence-electron chi connectivity index (χ2n) is 4.80. The summed E-state index contributed by atoms with van der Waals surface area (Å²) in [6, 6.07) is 13.4. The number of hydrogen-bond acceptors (Lipinski definition) is 4. The van der Waals surface area contributed by atoms with E-state index < -0.39 is 4.92 Å². The van der Waals surface area contributed by atoms with E-state index in [1.165, 1.54) is 18.3 Å². The monoisotopic (exact) mass is 308 g/mol. The van der Waals surface area contributed by atoms with Gasteiger partial charge in [-0.3, -0.25) is 14.9 Å². The topological polar surface area (TPSA) is 100 Å². The largest absolute Gasteiger partial charge is 0.360 e. The number of aromatic amines is 1. The van der Waals surface area contributed by atoms with E-state index in [0.717, 1.165) is 10.9 Å². The van der Waals surface area contributed by atoms with E-state index in [0.29, 0.717) is 11.1 Å². The molecule has 0 aliphatic heterocycles. The number of nitrogens with zero attached hydrogens (tertiary/aromatic N) is 2. The summed E-state index contributed by atoms with van der Waals surface area (Å²) in [5.74, 6) is -0.357. The van der Waals surface area contributed by atoms with Gasteiger partial charge in [-0.05, 0) is 6.07 Å². The number of carbonyl (C=O) groups excluding carboxylic acids is 1. The van der Waals surface area contributed by atoms with E-state index in [4.69, 9.17) is 0 Å². The van der Waals surface area contributed by atoms with Gasteiger partial charge in [0, 0.05) is 34.8 Å². The van der Waals surface area contributed by atoms with Crippen LogP contribution < -0.4 is 5.43 Å². The standard InChI is InChI=1S/C16H12N4O3/c21-16(14-10-17-15-7-2-1-6-13(14)15)19-18-9-11-4-3-5-12(8-11)20(22)23/h1-10,17H,(H,19,21)/b18-9-.